The van der Waals surface area contributed by atoms with Crippen LogP contribution in [0.2, 0.25) is 0 Å². The summed E-state index contributed by atoms with van der Waals surface area (Å²) in [4.78, 5) is 0. The van der Waals surface area contributed by atoms with Crippen LogP contribution >= 0.6 is 0 Å². The third-order valence-electron chi connectivity index (χ3n) is 1.77. The highest BCUT2D eigenvalue weighted by atomic mass is 32.2. The van der Waals surface area contributed by atoms with Gasteiger partial charge in [0.25, 0.3) is 0 Å². The van der Waals surface area contributed by atoms with E-state index in [1.807, 2.05) is 6.92 Å². The first-order chi connectivity index (χ1) is 6.12. The molecule has 0 bridgehead atoms. The number of unbranched alkanes of at least 4 members (excludes halogenated alkanes) is 3. The Morgan fingerprint density at radius 2 is 1.69 bits per heavy atom. The lowest BCUT2D eigenvalue weighted by molar-refractivity contribution is 0.572. The topological polar surface area (TPSA) is 48.2 Å². The number of hydrogen-bond donors (Lipinski definition) is 0. The van der Waals surface area contributed by atoms with Gasteiger partial charge < -0.3 is 0 Å². The molecule has 0 heterocycles. The molecule has 0 fully saturated rings. The maximum absolute atomic E-state index is 11.2. The molecule has 0 aromatic carbocycles. The van der Waals surface area contributed by atoms with Crippen LogP contribution in [0.25, 0.3) is 0 Å². The zero-order chi connectivity index (χ0) is 10.2. The molecule has 79 valence electrons. The molecule has 3 nitrogen and oxygen atoms in total. The summed E-state index contributed by atoms with van der Waals surface area (Å²) < 4.78 is 26.0. The Morgan fingerprint density at radius 1 is 1.00 bits per heavy atom. The molecule has 4 heteroatoms. The van der Waals surface area contributed by atoms with E-state index in [1.54, 1.807) is 0 Å². The molecule has 0 saturated carbocycles. The molecule has 1 radical (unpaired) electrons. The van der Waals surface area contributed by atoms with E-state index in [9.17, 15) is 8.42 Å². The van der Waals surface area contributed by atoms with Gasteiger partial charge in [-0.3, -0.25) is 0 Å². The predicted molar refractivity (Wildman–Crippen MR) is 55.2 cm³/mol. The second kappa shape index (κ2) is 7.33. The highest BCUT2D eigenvalue weighted by Gasteiger charge is 2.09. The first kappa shape index (κ1) is 12.9. The summed E-state index contributed by atoms with van der Waals surface area (Å²) in [5, 5.41) is 0. The molecule has 0 N–H and O–H groups in total. The summed E-state index contributed by atoms with van der Waals surface area (Å²) in [6.45, 7) is 4.47. The number of sulfonamides is 1. The van der Waals surface area contributed by atoms with Gasteiger partial charge in [0.15, 0.2) is 0 Å². The van der Waals surface area contributed by atoms with E-state index in [0.717, 1.165) is 32.1 Å². The fourth-order valence-electron chi connectivity index (χ4n) is 1.01. The largest absolute Gasteiger partial charge is 0.227 e. The lowest BCUT2D eigenvalue weighted by atomic mass is 10.2. The fourth-order valence-corrected chi connectivity index (χ4v) is 2.16. The summed E-state index contributed by atoms with van der Waals surface area (Å²) in [7, 11) is -3.10. The minimum atomic E-state index is -3.10. The van der Waals surface area contributed by atoms with E-state index in [2.05, 4.69) is 11.6 Å². The molecule has 0 aromatic rings. The van der Waals surface area contributed by atoms with Crippen LogP contribution in [0.4, 0.5) is 0 Å². The van der Waals surface area contributed by atoms with Crippen molar-refractivity contribution in [3.8, 4) is 0 Å². The SMILES string of the molecule is CCCCCCS(=O)(=O)[N]CCC. The van der Waals surface area contributed by atoms with Crippen LogP contribution in [0.15, 0.2) is 0 Å². The number of rotatable bonds is 8. The molecule has 0 unspecified atom stereocenters. The van der Waals surface area contributed by atoms with E-state index in [0.29, 0.717) is 6.54 Å². The molecular formula is C9H20NO2S. The molecule has 0 aliphatic carbocycles. The fraction of sp³-hybridized carbons (Fsp3) is 1.00. The first-order valence-corrected chi connectivity index (χ1v) is 6.64. The van der Waals surface area contributed by atoms with Gasteiger partial charge in [-0.15, -0.1) is 4.72 Å². The lowest BCUT2D eigenvalue weighted by Crippen LogP contribution is -2.20. The van der Waals surface area contributed by atoms with E-state index in [4.69, 9.17) is 0 Å². The monoisotopic (exact) mass is 206 g/mol. The Hall–Kier alpha value is -0.0900. The standard InChI is InChI=1S/C9H20NO2S/c1-3-5-6-7-9-13(11,12)10-8-4-2/h3-9H2,1-2H3. The zero-order valence-corrected chi connectivity index (χ0v) is 9.44. The summed E-state index contributed by atoms with van der Waals surface area (Å²) in [6.07, 6.45) is 4.80. The van der Waals surface area contributed by atoms with Crippen molar-refractivity contribution < 1.29 is 8.42 Å². The van der Waals surface area contributed by atoms with Gasteiger partial charge in [-0.05, 0) is 12.8 Å². The molecule has 0 spiro atoms. The normalized spacial score (nSPS) is 11.8. The van der Waals surface area contributed by atoms with Crippen molar-refractivity contribution >= 4 is 10.0 Å². The van der Waals surface area contributed by atoms with Gasteiger partial charge in [-0.25, -0.2) is 8.42 Å². The van der Waals surface area contributed by atoms with Crippen molar-refractivity contribution in [1.82, 2.24) is 4.72 Å². The molecule has 13 heavy (non-hydrogen) atoms. The van der Waals surface area contributed by atoms with Gasteiger partial charge in [0.2, 0.25) is 10.0 Å². The Morgan fingerprint density at radius 3 is 2.23 bits per heavy atom. The quantitative estimate of drug-likeness (QED) is 0.570. The maximum atomic E-state index is 11.2. The van der Waals surface area contributed by atoms with E-state index in [-0.39, 0.29) is 5.75 Å². The maximum Gasteiger partial charge on any atom is 0.227 e. The third-order valence-corrected chi connectivity index (χ3v) is 3.15. The van der Waals surface area contributed by atoms with Gasteiger partial charge in [-0.2, -0.15) is 0 Å². The van der Waals surface area contributed by atoms with Crippen LogP contribution in [0.5, 0.6) is 0 Å². The number of hydrogen-bond acceptors (Lipinski definition) is 2. The van der Waals surface area contributed by atoms with Crippen molar-refractivity contribution in [1.29, 1.82) is 0 Å². The van der Waals surface area contributed by atoms with Crippen molar-refractivity contribution in [3.05, 3.63) is 0 Å². The third kappa shape index (κ3) is 8.25. The van der Waals surface area contributed by atoms with Crippen molar-refractivity contribution in [2.75, 3.05) is 12.3 Å². The molecule has 0 aromatic heterocycles. The average Bonchev–Trinajstić information content (AvgIpc) is 2.09. The molecule has 0 rings (SSSR count). The van der Waals surface area contributed by atoms with Gasteiger partial charge >= 0.3 is 0 Å². The van der Waals surface area contributed by atoms with Crippen molar-refractivity contribution in [2.24, 2.45) is 0 Å². The van der Waals surface area contributed by atoms with Crippen LogP contribution in [0, 0.1) is 0 Å². The minimum Gasteiger partial charge on any atom is -0.211 e. The molecule has 0 atom stereocenters. The van der Waals surface area contributed by atoms with Crippen LogP contribution in [-0.4, -0.2) is 20.7 Å². The lowest BCUT2D eigenvalue weighted by Gasteiger charge is -2.02. The highest BCUT2D eigenvalue weighted by Crippen LogP contribution is 2.01. The van der Waals surface area contributed by atoms with Gasteiger partial charge in [0, 0.05) is 6.54 Å². The van der Waals surface area contributed by atoms with Gasteiger partial charge in [0.05, 0.1) is 5.75 Å². The van der Waals surface area contributed by atoms with E-state index in [1.165, 1.54) is 0 Å². The van der Waals surface area contributed by atoms with E-state index < -0.39 is 10.0 Å². The molecule has 0 saturated heterocycles. The second-order valence-corrected chi connectivity index (χ2v) is 5.03. The molecule has 0 aliphatic heterocycles. The first-order valence-electron chi connectivity index (χ1n) is 5.04. The van der Waals surface area contributed by atoms with Crippen molar-refractivity contribution in [3.63, 3.8) is 0 Å². The predicted octanol–water partition coefficient (Wildman–Crippen LogP) is 1.91. The Kier molecular flexibility index (Phi) is 7.28. The summed E-state index contributed by atoms with van der Waals surface area (Å²) in [6, 6.07) is 0. The zero-order valence-electron chi connectivity index (χ0n) is 8.62. The van der Waals surface area contributed by atoms with Crippen molar-refractivity contribution in [2.45, 2.75) is 46.0 Å². The van der Waals surface area contributed by atoms with Gasteiger partial charge in [-0.1, -0.05) is 33.1 Å². The summed E-state index contributed by atoms with van der Waals surface area (Å²) in [5.41, 5.74) is 0. The highest BCUT2D eigenvalue weighted by molar-refractivity contribution is 7.89. The minimum absolute atomic E-state index is 0.229. The summed E-state index contributed by atoms with van der Waals surface area (Å²) >= 11 is 0. The van der Waals surface area contributed by atoms with Gasteiger partial charge in [0.1, 0.15) is 0 Å². The molecule has 0 amide bonds. The molecular weight excluding hydrogens is 186 g/mol. The van der Waals surface area contributed by atoms with Crippen LogP contribution in [0.3, 0.4) is 0 Å². The van der Waals surface area contributed by atoms with Crippen LogP contribution < -0.4 is 4.72 Å². The smallest absolute Gasteiger partial charge is 0.211 e. The Bertz CT molecular complexity index is 200. The summed E-state index contributed by atoms with van der Waals surface area (Å²) in [5.74, 6) is 0.229. The van der Waals surface area contributed by atoms with Crippen LogP contribution in [-0.2, 0) is 10.0 Å². The second-order valence-electron chi connectivity index (χ2n) is 3.20. The number of nitrogens with zero attached hydrogens (tertiary/aromatic N) is 1. The molecule has 0 aliphatic rings. The van der Waals surface area contributed by atoms with Crippen LogP contribution in [0.1, 0.15) is 46.0 Å². The average molecular weight is 206 g/mol. The van der Waals surface area contributed by atoms with E-state index >= 15 is 0 Å². The Balaban J connectivity index is 3.52. The Labute approximate surface area is 82.0 Å².